The van der Waals surface area contributed by atoms with Gasteiger partial charge in [-0.15, -0.1) is 0 Å². The largest absolute Gasteiger partial charge is 0.454 e. The number of fused-ring (bicyclic) bond motifs is 8. The first-order valence-electron chi connectivity index (χ1n) is 17.7. The average Bonchev–Trinajstić information content (AvgIpc) is 3.91. The predicted octanol–water partition coefficient (Wildman–Crippen LogP) is 13.0. The van der Waals surface area contributed by atoms with Crippen LogP contribution in [0.1, 0.15) is 22.3 Å². The van der Waals surface area contributed by atoms with E-state index in [2.05, 4.69) is 175 Å². The van der Waals surface area contributed by atoms with Gasteiger partial charge in [0.05, 0.1) is 11.1 Å². The molecule has 51 heavy (non-hydrogen) atoms. The van der Waals surface area contributed by atoms with Crippen molar-refractivity contribution >= 4 is 39.0 Å². The van der Waals surface area contributed by atoms with E-state index in [1.54, 1.807) is 0 Å². The summed E-state index contributed by atoms with van der Waals surface area (Å²) in [6, 6.07) is 64.4. The van der Waals surface area contributed by atoms with Crippen LogP contribution in [0.5, 0.6) is 0 Å². The van der Waals surface area contributed by atoms with E-state index in [1.165, 1.54) is 66.8 Å². The van der Waals surface area contributed by atoms with Gasteiger partial charge in [0.1, 0.15) is 5.58 Å². The van der Waals surface area contributed by atoms with Gasteiger partial charge >= 0.3 is 0 Å². The molecule has 0 bridgehead atoms. The van der Waals surface area contributed by atoms with Crippen molar-refractivity contribution in [3.05, 3.63) is 198 Å². The maximum absolute atomic E-state index is 6.70. The molecule has 1 aromatic heterocycles. The zero-order valence-electron chi connectivity index (χ0n) is 27.6. The predicted molar refractivity (Wildman–Crippen MR) is 209 cm³/mol. The lowest BCUT2D eigenvalue weighted by molar-refractivity contribution is 0.669. The van der Waals surface area contributed by atoms with Crippen molar-refractivity contribution in [2.75, 3.05) is 4.90 Å². The number of furan rings is 1. The molecular weight excluding hydrogens is 619 g/mol. The number of hydrogen-bond acceptors (Lipinski definition) is 2. The Bertz CT molecular complexity index is 2880. The van der Waals surface area contributed by atoms with Crippen LogP contribution in [0.3, 0.4) is 0 Å². The summed E-state index contributed by atoms with van der Waals surface area (Å²) in [5.74, 6) is 0. The molecule has 2 nitrogen and oxygen atoms in total. The highest BCUT2D eigenvalue weighted by molar-refractivity contribution is 6.11. The molecule has 0 saturated carbocycles. The third-order valence-corrected chi connectivity index (χ3v) is 11.6. The van der Waals surface area contributed by atoms with Crippen LogP contribution in [0.15, 0.2) is 180 Å². The fraction of sp³-hybridized carbons (Fsp3) is 0.0204. The zero-order valence-corrected chi connectivity index (χ0v) is 27.6. The average molecular weight is 648 g/mol. The Labute approximate surface area is 295 Å². The van der Waals surface area contributed by atoms with Gasteiger partial charge in [-0.1, -0.05) is 140 Å². The van der Waals surface area contributed by atoms with Crippen molar-refractivity contribution in [3.8, 4) is 44.5 Å². The minimum atomic E-state index is -0.353. The molecule has 9 aromatic rings. The van der Waals surface area contributed by atoms with Gasteiger partial charge in [-0.05, 0) is 103 Å². The highest BCUT2D eigenvalue weighted by atomic mass is 16.3. The van der Waals surface area contributed by atoms with E-state index in [9.17, 15) is 0 Å². The molecule has 0 fully saturated rings. The SMILES string of the molecule is c1ccc(-c2ccc(N(c3ccc4c(c3)C35c6ccccc6-c6cccc(c63)-c3cccc-4c35)c3cccc4c3oc3ccccc34)cc2)cc1. The molecule has 8 aromatic carbocycles. The van der Waals surface area contributed by atoms with Crippen molar-refractivity contribution in [1.82, 2.24) is 0 Å². The molecule has 3 aliphatic rings. The third-order valence-electron chi connectivity index (χ3n) is 11.6. The summed E-state index contributed by atoms with van der Waals surface area (Å²) >= 11 is 0. The Morgan fingerprint density at radius 1 is 0.392 bits per heavy atom. The Balaban J connectivity index is 1.14. The van der Waals surface area contributed by atoms with Crippen LogP contribution >= 0.6 is 0 Å². The summed E-state index contributed by atoms with van der Waals surface area (Å²) in [6.07, 6.45) is 0. The van der Waals surface area contributed by atoms with E-state index in [0.717, 1.165) is 39.0 Å². The molecule has 0 saturated heterocycles. The standard InChI is InChI=1S/C49H29NO/c1-2-11-30(12-3-1)31-23-25-32(26-24-31)50(44-21-10-19-41-36-14-5-7-22-45(36)51-48(41)44)33-27-28-35-38-16-9-18-40-39-17-8-15-37-34-13-4-6-20-42(34)49(46(37)39,47(38)40)43(35)29-33/h1-29H. The maximum atomic E-state index is 6.70. The van der Waals surface area contributed by atoms with Crippen LogP contribution in [-0.4, -0.2) is 0 Å². The second-order valence-electron chi connectivity index (χ2n) is 14.0. The second kappa shape index (κ2) is 9.74. The highest BCUT2D eigenvalue weighted by Crippen LogP contribution is 2.70. The Hall–Kier alpha value is -6.64. The van der Waals surface area contributed by atoms with Crippen molar-refractivity contribution in [3.63, 3.8) is 0 Å². The molecule has 1 atom stereocenters. The summed E-state index contributed by atoms with van der Waals surface area (Å²) < 4.78 is 6.70. The molecule has 2 heteroatoms. The fourth-order valence-electron chi connectivity index (χ4n) is 9.65. The van der Waals surface area contributed by atoms with Crippen LogP contribution in [0.4, 0.5) is 17.1 Å². The summed E-state index contributed by atoms with van der Waals surface area (Å²) in [5.41, 5.74) is 20.7. The summed E-state index contributed by atoms with van der Waals surface area (Å²) in [5, 5.41) is 2.24. The van der Waals surface area contributed by atoms with Gasteiger partial charge < -0.3 is 9.32 Å². The second-order valence-corrected chi connectivity index (χ2v) is 14.0. The number of nitrogens with zero attached hydrogens (tertiary/aromatic N) is 1. The van der Waals surface area contributed by atoms with Gasteiger partial charge in [-0.3, -0.25) is 0 Å². The number of para-hydroxylation sites is 2. The molecule has 1 unspecified atom stereocenters. The zero-order chi connectivity index (χ0) is 33.3. The fourth-order valence-corrected chi connectivity index (χ4v) is 9.65. The molecule has 0 amide bonds. The summed E-state index contributed by atoms with van der Waals surface area (Å²) in [4.78, 5) is 2.39. The van der Waals surface area contributed by atoms with E-state index < -0.39 is 0 Å². The molecule has 0 radical (unpaired) electrons. The lowest BCUT2D eigenvalue weighted by Crippen LogP contribution is -2.23. The van der Waals surface area contributed by atoms with Crippen molar-refractivity contribution in [2.24, 2.45) is 0 Å². The lowest BCUT2D eigenvalue weighted by Gasteiger charge is -2.30. The van der Waals surface area contributed by atoms with Gasteiger partial charge in [0.2, 0.25) is 0 Å². The smallest absolute Gasteiger partial charge is 0.159 e. The van der Waals surface area contributed by atoms with Crippen LogP contribution in [0.25, 0.3) is 66.4 Å². The van der Waals surface area contributed by atoms with E-state index in [-0.39, 0.29) is 5.41 Å². The van der Waals surface area contributed by atoms with Crippen LogP contribution in [0.2, 0.25) is 0 Å². The molecule has 1 spiro atoms. The first-order chi connectivity index (χ1) is 25.3. The summed E-state index contributed by atoms with van der Waals surface area (Å²) in [6.45, 7) is 0. The normalized spacial score (nSPS) is 15.5. The lowest BCUT2D eigenvalue weighted by atomic mass is 9.73. The van der Waals surface area contributed by atoms with E-state index in [0.29, 0.717) is 0 Å². The first kappa shape index (κ1) is 27.2. The molecule has 0 N–H and O–H groups in total. The molecule has 0 aliphatic heterocycles. The topological polar surface area (TPSA) is 16.4 Å². The van der Waals surface area contributed by atoms with Gasteiger partial charge in [0.15, 0.2) is 5.58 Å². The Morgan fingerprint density at radius 2 is 0.961 bits per heavy atom. The Morgan fingerprint density at radius 3 is 1.75 bits per heavy atom. The number of rotatable bonds is 4. The van der Waals surface area contributed by atoms with E-state index >= 15 is 0 Å². The van der Waals surface area contributed by atoms with Gasteiger partial charge in [-0.25, -0.2) is 0 Å². The minimum absolute atomic E-state index is 0.353. The molecule has 3 aliphatic carbocycles. The molecular formula is C49H29NO. The molecule has 12 rings (SSSR count). The quantitative estimate of drug-likeness (QED) is 0.189. The highest BCUT2D eigenvalue weighted by Gasteiger charge is 2.57. The Kier molecular flexibility index (Phi) is 5.20. The van der Waals surface area contributed by atoms with Gasteiger partial charge in [-0.2, -0.15) is 0 Å². The van der Waals surface area contributed by atoms with Crippen LogP contribution in [0, 0.1) is 0 Å². The summed E-state index contributed by atoms with van der Waals surface area (Å²) in [7, 11) is 0. The maximum Gasteiger partial charge on any atom is 0.159 e. The van der Waals surface area contributed by atoms with Crippen LogP contribution in [-0.2, 0) is 5.41 Å². The van der Waals surface area contributed by atoms with Crippen LogP contribution < -0.4 is 4.90 Å². The van der Waals surface area contributed by atoms with E-state index in [4.69, 9.17) is 4.42 Å². The number of anilines is 3. The number of benzene rings is 8. The van der Waals surface area contributed by atoms with E-state index in [1.807, 2.05) is 6.07 Å². The third kappa shape index (κ3) is 3.37. The van der Waals surface area contributed by atoms with Crippen molar-refractivity contribution < 1.29 is 4.42 Å². The van der Waals surface area contributed by atoms with Gasteiger partial charge in [0, 0.05) is 22.1 Å². The van der Waals surface area contributed by atoms with Crippen molar-refractivity contribution in [1.29, 1.82) is 0 Å². The van der Waals surface area contributed by atoms with Crippen molar-refractivity contribution in [2.45, 2.75) is 5.41 Å². The monoisotopic (exact) mass is 647 g/mol. The van der Waals surface area contributed by atoms with Gasteiger partial charge in [0.25, 0.3) is 0 Å². The first-order valence-corrected chi connectivity index (χ1v) is 17.7. The minimum Gasteiger partial charge on any atom is -0.454 e. The molecule has 236 valence electrons. The number of hydrogen-bond donors (Lipinski definition) is 0. The molecule has 1 heterocycles.